The first-order chi connectivity index (χ1) is 8.61. The molecule has 0 saturated heterocycles. The SMILES string of the molecule is Cc1nc(N)sc1C(=O)NC1CCCCC1CO. The largest absolute Gasteiger partial charge is 0.396 e. The van der Waals surface area contributed by atoms with E-state index in [2.05, 4.69) is 10.3 Å². The van der Waals surface area contributed by atoms with Gasteiger partial charge in [-0.25, -0.2) is 4.98 Å². The normalized spacial score (nSPS) is 23.9. The molecule has 2 unspecified atom stereocenters. The van der Waals surface area contributed by atoms with Gasteiger partial charge in [0.1, 0.15) is 4.88 Å². The number of aliphatic hydroxyl groups is 1. The standard InChI is InChI=1S/C12H19N3O2S/c1-7-10(18-12(13)14-7)11(17)15-9-5-3-2-4-8(9)6-16/h8-9,16H,2-6H2,1H3,(H2,13,14)(H,15,17). The topological polar surface area (TPSA) is 88.2 Å². The summed E-state index contributed by atoms with van der Waals surface area (Å²) in [5.41, 5.74) is 6.26. The van der Waals surface area contributed by atoms with Gasteiger partial charge >= 0.3 is 0 Å². The van der Waals surface area contributed by atoms with Gasteiger partial charge in [-0.1, -0.05) is 24.2 Å². The van der Waals surface area contributed by atoms with Crippen LogP contribution in [0.5, 0.6) is 0 Å². The molecule has 2 atom stereocenters. The number of amides is 1. The highest BCUT2D eigenvalue weighted by Crippen LogP contribution is 2.25. The summed E-state index contributed by atoms with van der Waals surface area (Å²) in [5, 5.41) is 12.7. The van der Waals surface area contributed by atoms with Gasteiger partial charge < -0.3 is 16.2 Å². The Morgan fingerprint density at radius 2 is 2.28 bits per heavy atom. The maximum atomic E-state index is 12.1. The van der Waals surface area contributed by atoms with Crippen molar-refractivity contribution < 1.29 is 9.90 Å². The molecule has 5 nitrogen and oxygen atoms in total. The van der Waals surface area contributed by atoms with E-state index in [1.165, 1.54) is 11.3 Å². The molecule has 0 radical (unpaired) electrons. The molecule has 1 aliphatic carbocycles. The van der Waals surface area contributed by atoms with Crippen molar-refractivity contribution in [3.05, 3.63) is 10.6 Å². The summed E-state index contributed by atoms with van der Waals surface area (Å²) >= 11 is 1.21. The number of carbonyl (C=O) groups is 1. The van der Waals surface area contributed by atoms with Crippen LogP contribution < -0.4 is 11.1 Å². The Kier molecular flexibility index (Phi) is 4.19. The lowest BCUT2D eigenvalue weighted by Crippen LogP contribution is -2.43. The van der Waals surface area contributed by atoms with Gasteiger partial charge in [-0.15, -0.1) is 0 Å². The first kappa shape index (κ1) is 13.3. The predicted molar refractivity (Wildman–Crippen MR) is 71.6 cm³/mol. The van der Waals surface area contributed by atoms with Crippen LogP contribution in [0.25, 0.3) is 0 Å². The average molecular weight is 269 g/mol. The van der Waals surface area contributed by atoms with Gasteiger partial charge in [0.2, 0.25) is 0 Å². The average Bonchev–Trinajstić information content (AvgIpc) is 2.69. The number of carbonyl (C=O) groups excluding carboxylic acids is 1. The van der Waals surface area contributed by atoms with Crippen LogP contribution in [0.2, 0.25) is 0 Å². The second-order valence-corrected chi connectivity index (χ2v) is 5.80. The molecule has 0 aliphatic heterocycles. The van der Waals surface area contributed by atoms with E-state index in [1.54, 1.807) is 6.92 Å². The van der Waals surface area contributed by atoms with Crippen molar-refractivity contribution in [2.24, 2.45) is 5.92 Å². The molecule has 1 aromatic heterocycles. The fourth-order valence-corrected chi connectivity index (χ4v) is 3.21. The highest BCUT2D eigenvalue weighted by atomic mass is 32.1. The Hall–Kier alpha value is -1.14. The minimum Gasteiger partial charge on any atom is -0.396 e. The summed E-state index contributed by atoms with van der Waals surface area (Å²) in [7, 11) is 0. The highest BCUT2D eigenvalue weighted by Gasteiger charge is 2.27. The second-order valence-electron chi connectivity index (χ2n) is 4.77. The summed E-state index contributed by atoms with van der Waals surface area (Å²) in [4.78, 5) is 16.8. The molecule has 1 aliphatic rings. The minimum absolute atomic E-state index is 0.0685. The van der Waals surface area contributed by atoms with Crippen molar-refractivity contribution in [1.29, 1.82) is 0 Å². The summed E-state index contributed by atoms with van der Waals surface area (Å²) in [5.74, 6) is 0.0559. The minimum atomic E-state index is -0.118. The Labute approximate surface area is 110 Å². The number of nitrogen functional groups attached to an aromatic ring is 1. The number of aryl methyl sites for hydroxylation is 1. The quantitative estimate of drug-likeness (QED) is 0.772. The molecule has 1 amide bonds. The summed E-state index contributed by atoms with van der Waals surface area (Å²) in [6.45, 7) is 1.92. The lowest BCUT2D eigenvalue weighted by molar-refractivity contribution is 0.0876. The first-order valence-corrected chi connectivity index (χ1v) is 7.08. The molecule has 1 aromatic rings. The van der Waals surface area contributed by atoms with Crippen LogP contribution in [0.15, 0.2) is 0 Å². The van der Waals surface area contributed by atoms with E-state index in [9.17, 15) is 9.90 Å². The summed E-state index contributed by atoms with van der Waals surface area (Å²) in [6.07, 6.45) is 4.14. The molecule has 2 rings (SSSR count). The fourth-order valence-electron chi connectivity index (χ4n) is 2.48. The molecular formula is C12H19N3O2S. The van der Waals surface area contributed by atoms with E-state index >= 15 is 0 Å². The smallest absolute Gasteiger partial charge is 0.263 e. The van der Waals surface area contributed by atoms with E-state index in [0.717, 1.165) is 25.7 Å². The van der Waals surface area contributed by atoms with Crippen LogP contribution in [0, 0.1) is 12.8 Å². The lowest BCUT2D eigenvalue weighted by Gasteiger charge is -2.30. The number of aromatic nitrogens is 1. The Balaban J connectivity index is 2.04. The van der Waals surface area contributed by atoms with Crippen LogP contribution in [0.3, 0.4) is 0 Å². The molecule has 1 heterocycles. The third-order valence-corrected chi connectivity index (χ3v) is 4.46. The molecule has 18 heavy (non-hydrogen) atoms. The lowest BCUT2D eigenvalue weighted by atomic mass is 9.85. The third kappa shape index (κ3) is 2.81. The van der Waals surface area contributed by atoms with Crippen molar-refractivity contribution in [2.75, 3.05) is 12.3 Å². The maximum absolute atomic E-state index is 12.1. The van der Waals surface area contributed by atoms with E-state index in [0.29, 0.717) is 15.7 Å². The second kappa shape index (κ2) is 5.67. The number of hydrogen-bond donors (Lipinski definition) is 3. The molecule has 0 bridgehead atoms. The van der Waals surface area contributed by atoms with Crippen LogP contribution in [-0.2, 0) is 0 Å². The van der Waals surface area contributed by atoms with Gasteiger partial charge in [-0.2, -0.15) is 0 Å². The van der Waals surface area contributed by atoms with Gasteiger partial charge in [0.15, 0.2) is 5.13 Å². The van der Waals surface area contributed by atoms with Gasteiger partial charge in [-0.3, -0.25) is 4.79 Å². The third-order valence-electron chi connectivity index (χ3n) is 3.48. The maximum Gasteiger partial charge on any atom is 0.263 e. The summed E-state index contributed by atoms with van der Waals surface area (Å²) in [6, 6.07) is 0.0685. The number of anilines is 1. The molecule has 4 N–H and O–H groups in total. The van der Waals surface area contributed by atoms with E-state index in [4.69, 9.17) is 5.73 Å². The summed E-state index contributed by atoms with van der Waals surface area (Å²) < 4.78 is 0. The zero-order valence-electron chi connectivity index (χ0n) is 10.5. The molecule has 100 valence electrons. The molecule has 0 spiro atoms. The van der Waals surface area contributed by atoms with Crippen molar-refractivity contribution in [3.63, 3.8) is 0 Å². The zero-order chi connectivity index (χ0) is 13.1. The molecule has 0 aromatic carbocycles. The zero-order valence-corrected chi connectivity index (χ0v) is 11.3. The van der Waals surface area contributed by atoms with Gasteiger partial charge in [0.05, 0.1) is 5.69 Å². The van der Waals surface area contributed by atoms with Crippen molar-refractivity contribution in [1.82, 2.24) is 10.3 Å². The number of thiazole rings is 1. The van der Waals surface area contributed by atoms with Gasteiger partial charge in [0.25, 0.3) is 5.91 Å². The van der Waals surface area contributed by atoms with E-state index in [-0.39, 0.29) is 24.5 Å². The molecule has 1 fully saturated rings. The monoisotopic (exact) mass is 269 g/mol. The first-order valence-electron chi connectivity index (χ1n) is 6.26. The predicted octanol–water partition coefficient (Wildman–Crippen LogP) is 1.31. The number of hydrogen-bond acceptors (Lipinski definition) is 5. The van der Waals surface area contributed by atoms with E-state index < -0.39 is 0 Å². The van der Waals surface area contributed by atoms with Crippen molar-refractivity contribution >= 4 is 22.4 Å². The number of nitrogens with zero attached hydrogens (tertiary/aromatic N) is 1. The van der Waals surface area contributed by atoms with Crippen LogP contribution in [0.1, 0.15) is 41.0 Å². The Morgan fingerprint density at radius 1 is 1.56 bits per heavy atom. The van der Waals surface area contributed by atoms with E-state index in [1.807, 2.05) is 0 Å². The number of nitrogens with one attached hydrogen (secondary N) is 1. The van der Waals surface area contributed by atoms with Gasteiger partial charge in [0, 0.05) is 18.6 Å². The highest BCUT2D eigenvalue weighted by molar-refractivity contribution is 7.17. The van der Waals surface area contributed by atoms with Crippen molar-refractivity contribution in [2.45, 2.75) is 38.6 Å². The number of aliphatic hydroxyl groups excluding tert-OH is 1. The number of nitrogens with two attached hydrogens (primary N) is 1. The fraction of sp³-hybridized carbons (Fsp3) is 0.667. The number of rotatable bonds is 3. The van der Waals surface area contributed by atoms with Crippen LogP contribution >= 0.6 is 11.3 Å². The van der Waals surface area contributed by atoms with Crippen molar-refractivity contribution in [3.8, 4) is 0 Å². The van der Waals surface area contributed by atoms with Gasteiger partial charge in [-0.05, 0) is 19.8 Å². The molecular weight excluding hydrogens is 250 g/mol. The van der Waals surface area contributed by atoms with Crippen LogP contribution in [0.4, 0.5) is 5.13 Å². The molecule has 6 heteroatoms. The Bertz CT molecular complexity index is 433. The molecule has 1 saturated carbocycles. The Morgan fingerprint density at radius 3 is 2.89 bits per heavy atom. The van der Waals surface area contributed by atoms with Crippen LogP contribution in [-0.4, -0.2) is 28.6 Å².